The van der Waals surface area contributed by atoms with Gasteiger partial charge in [0, 0.05) is 22.5 Å². The number of allylic oxidation sites excluding steroid dienone is 1. The molecule has 6 nitrogen and oxygen atoms in total. The summed E-state index contributed by atoms with van der Waals surface area (Å²) in [6.07, 6.45) is 2.97. The van der Waals surface area contributed by atoms with Gasteiger partial charge in [0.05, 0.1) is 17.9 Å². The van der Waals surface area contributed by atoms with Gasteiger partial charge in [0.2, 0.25) is 0 Å². The van der Waals surface area contributed by atoms with Crippen LogP contribution in [-0.2, 0) is 4.74 Å². The number of rotatable bonds is 5. The number of anilines is 1. The molecule has 3 aromatic rings. The standard InChI is InChI=1S/C23H21N3O3/c1-16-21(17(2)26(24-16)19-8-4-3-5-9-19)11-12-22(27)18-7-6-10-20(15-18)25-13-14-29-23(25)28/h3-12,15H,13-14H2,1-2H3. The van der Waals surface area contributed by atoms with Crippen LogP contribution in [0.3, 0.4) is 0 Å². The van der Waals surface area contributed by atoms with Crippen molar-refractivity contribution in [2.45, 2.75) is 13.8 Å². The van der Waals surface area contributed by atoms with Gasteiger partial charge >= 0.3 is 6.09 Å². The van der Waals surface area contributed by atoms with E-state index >= 15 is 0 Å². The molecule has 6 heteroatoms. The number of para-hydroxylation sites is 1. The molecule has 4 rings (SSSR count). The number of ketones is 1. The Morgan fingerprint density at radius 1 is 1.07 bits per heavy atom. The van der Waals surface area contributed by atoms with Crippen LogP contribution in [0.25, 0.3) is 11.8 Å². The number of ether oxygens (including phenoxy) is 1. The van der Waals surface area contributed by atoms with Crippen molar-refractivity contribution in [3.8, 4) is 5.69 Å². The van der Waals surface area contributed by atoms with Gasteiger partial charge in [-0.25, -0.2) is 9.48 Å². The second-order valence-electron chi connectivity index (χ2n) is 6.85. The lowest BCUT2D eigenvalue weighted by Gasteiger charge is -2.13. The summed E-state index contributed by atoms with van der Waals surface area (Å²) in [4.78, 5) is 26.0. The normalized spacial score (nSPS) is 13.9. The van der Waals surface area contributed by atoms with Gasteiger partial charge in [0.1, 0.15) is 6.61 Å². The Balaban J connectivity index is 1.58. The minimum atomic E-state index is -0.385. The van der Waals surface area contributed by atoms with Gasteiger partial charge in [-0.1, -0.05) is 30.3 Å². The monoisotopic (exact) mass is 387 g/mol. The molecular formula is C23H21N3O3. The van der Waals surface area contributed by atoms with Crippen molar-refractivity contribution in [2.24, 2.45) is 0 Å². The van der Waals surface area contributed by atoms with Crippen LogP contribution in [0.15, 0.2) is 60.7 Å². The largest absolute Gasteiger partial charge is 0.447 e. The molecule has 29 heavy (non-hydrogen) atoms. The molecule has 2 heterocycles. The number of benzene rings is 2. The Morgan fingerprint density at radius 3 is 2.55 bits per heavy atom. The third kappa shape index (κ3) is 3.69. The predicted molar refractivity (Wildman–Crippen MR) is 112 cm³/mol. The Kier molecular flexibility index (Phi) is 4.99. The second kappa shape index (κ2) is 7.75. The van der Waals surface area contributed by atoms with E-state index in [9.17, 15) is 9.59 Å². The van der Waals surface area contributed by atoms with E-state index in [2.05, 4.69) is 5.10 Å². The first kappa shape index (κ1) is 18.7. The summed E-state index contributed by atoms with van der Waals surface area (Å²) in [6.45, 7) is 4.76. The molecule has 1 aliphatic rings. The number of hydrogen-bond donors (Lipinski definition) is 0. The zero-order valence-corrected chi connectivity index (χ0v) is 16.3. The van der Waals surface area contributed by atoms with Gasteiger partial charge in [-0.3, -0.25) is 9.69 Å². The van der Waals surface area contributed by atoms with Gasteiger partial charge < -0.3 is 4.74 Å². The molecule has 0 radical (unpaired) electrons. The van der Waals surface area contributed by atoms with Crippen LogP contribution >= 0.6 is 0 Å². The third-order valence-corrected chi connectivity index (χ3v) is 4.95. The van der Waals surface area contributed by atoms with Gasteiger partial charge in [-0.15, -0.1) is 0 Å². The van der Waals surface area contributed by atoms with Crippen LogP contribution in [-0.4, -0.2) is 34.8 Å². The average Bonchev–Trinajstić information content (AvgIpc) is 3.30. The zero-order chi connectivity index (χ0) is 20.4. The highest BCUT2D eigenvalue weighted by Crippen LogP contribution is 2.22. The molecule has 0 N–H and O–H groups in total. The van der Waals surface area contributed by atoms with Crippen molar-refractivity contribution < 1.29 is 14.3 Å². The minimum Gasteiger partial charge on any atom is -0.447 e. The molecule has 0 aliphatic carbocycles. The van der Waals surface area contributed by atoms with Crippen LogP contribution < -0.4 is 4.90 Å². The van der Waals surface area contributed by atoms with E-state index in [0.717, 1.165) is 22.6 Å². The molecule has 0 atom stereocenters. The summed E-state index contributed by atoms with van der Waals surface area (Å²) in [5, 5.41) is 4.60. The molecular weight excluding hydrogens is 366 g/mol. The number of cyclic esters (lactones) is 1. The highest BCUT2D eigenvalue weighted by molar-refractivity contribution is 6.07. The maximum atomic E-state index is 12.7. The lowest BCUT2D eigenvalue weighted by Crippen LogP contribution is -2.23. The summed E-state index contributed by atoms with van der Waals surface area (Å²) in [5.74, 6) is -0.134. The molecule has 0 saturated carbocycles. The Morgan fingerprint density at radius 2 is 1.83 bits per heavy atom. The summed E-state index contributed by atoms with van der Waals surface area (Å²) >= 11 is 0. The van der Waals surface area contributed by atoms with Crippen LogP contribution in [0.5, 0.6) is 0 Å². The quantitative estimate of drug-likeness (QED) is 0.482. The number of amides is 1. The molecule has 0 spiro atoms. The van der Waals surface area contributed by atoms with E-state index in [1.807, 2.05) is 48.9 Å². The van der Waals surface area contributed by atoms with Crippen molar-refractivity contribution >= 4 is 23.6 Å². The van der Waals surface area contributed by atoms with E-state index in [1.54, 1.807) is 36.4 Å². The molecule has 1 aliphatic heterocycles. The van der Waals surface area contributed by atoms with Gasteiger partial charge in [0.15, 0.2) is 5.78 Å². The number of nitrogens with zero attached hydrogens (tertiary/aromatic N) is 3. The first-order valence-corrected chi connectivity index (χ1v) is 9.43. The molecule has 0 bridgehead atoms. The fourth-order valence-corrected chi connectivity index (χ4v) is 3.43. The van der Waals surface area contributed by atoms with Crippen LogP contribution in [0.2, 0.25) is 0 Å². The van der Waals surface area contributed by atoms with Gasteiger partial charge in [-0.05, 0) is 50.3 Å². The van der Waals surface area contributed by atoms with Crippen molar-refractivity contribution in [2.75, 3.05) is 18.1 Å². The zero-order valence-electron chi connectivity index (χ0n) is 16.3. The van der Waals surface area contributed by atoms with Crippen LogP contribution in [0, 0.1) is 13.8 Å². The summed E-state index contributed by atoms with van der Waals surface area (Å²) in [7, 11) is 0. The lowest BCUT2D eigenvalue weighted by molar-refractivity contribution is 0.104. The molecule has 1 aromatic heterocycles. The first-order chi connectivity index (χ1) is 14.0. The molecule has 1 saturated heterocycles. The molecule has 146 valence electrons. The van der Waals surface area contributed by atoms with E-state index < -0.39 is 0 Å². The maximum absolute atomic E-state index is 12.7. The summed E-state index contributed by atoms with van der Waals surface area (Å²) < 4.78 is 6.84. The first-order valence-electron chi connectivity index (χ1n) is 9.43. The lowest BCUT2D eigenvalue weighted by atomic mass is 10.1. The topological polar surface area (TPSA) is 64.4 Å². The highest BCUT2D eigenvalue weighted by atomic mass is 16.6. The van der Waals surface area contributed by atoms with E-state index in [4.69, 9.17) is 4.74 Å². The number of carbonyl (C=O) groups excluding carboxylic acids is 2. The number of aromatic nitrogens is 2. The Hall–Kier alpha value is -3.67. The predicted octanol–water partition coefficient (Wildman–Crippen LogP) is 4.34. The number of carbonyl (C=O) groups is 2. The molecule has 1 amide bonds. The second-order valence-corrected chi connectivity index (χ2v) is 6.85. The minimum absolute atomic E-state index is 0.134. The van der Waals surface area contributed by atoms with Crippen molar-refractivity contribution in [3.63, 3.8) is 0 Å². The fourth-order valence-electron chi connectivity index (χ4n) is 3.43. The maximum Gasteiger partial charge on any atom is 0.414 e. The molecule has 1 fully saturated rings. The smallest absolute Gasteiger partial charge is 0.414 e. The van der Waals surface area contributed by atoms with Crippen molar-refractivity contribution in [1.82, 2.24) is 9.78 Å². The third-order valence-electron chi connectivity index (χ3n) is 4.95. The van der Waals surface area contributed by atoms with Crippen molar-refractivity contribution in [3.05, 3.63) is 83.2 Å². The number of hydrogen-bond acceptors (Lipinski definition) is 4. The summed E-state index contributed by atoms with van der Waals surface area (Å²) in [6, 6.07) is 16.9. The van der Waals surface area contributed by atoms with E-state index in [-0.39, 0.29) is 11.9 Å². The van der Waals surface area contributed by atoms with Crippen molar-refractivity contribution in [1.29, 1.82) is 0 Å². The van der Waals surface area contributed by atoms with Gasteiger partial charge in [-0.2, -0.15) is 5.10 Å². The highest BCUT2D eigenvalue weighted by Gasteiger charge is 2.23. The Bertz CT molecular complexity index is 1100. The van der Waals surface area contributed by atoms with Crippen LogP contribution in [0.1, 0.15) is 27.3 Å². The SMILES string of the molecule is Cc1nn(-c2ccccc2)c(C)c1C=CC(=O)c1cccc(N2CCOC2=O)c1. The van der Waals surface area contributed by atoms with Crippen LogP contribution in [0.4, 0.5) is 10.5 Å². The molecule has 2 aromatic carbocycles. The summed E-state index contributed by atoms with van der Waals surface area (Å²) in [5.41, 5.74) is 4.89. The number of aryl methyl sites for hydroxylation is 1. The van der Waals surface area contributed by atoms with E-state index in [0.29, 0.717) is 24.4 Å². The Labute approximate surface area is 169 Å². The fraction of sp³-hybridized carbons (Fsp3) is 0.174. The van der Waals surface area contributed by atoms with Gasteiger partial charge in [0.25, 0.3) is 0 Å². The van der Waals surface area contributed by atoms with E-state index in [1.165, 1.54) is 4.90 Å². The molecule has 0 unspecified atom stereocenters. The average molecular weight is 387 g/mol.